The molecule has 126 valence electrons. The van der Waals surface area contributed by atoms with Crippen molar-refractivity contribution in [1.82, 2.24) is 4.57 Å². The number of hydrogen-bond acceptors (Lipinski definition) is 3. The van der Waals surface area contributed by atoms with Gasteiger partial charge in [0.05, 0.1) is 17.2 Å². The molecule has 1 aromatic heterocycles. The standard InChI is InChI=1S/C19H23N3O2/c1-3-5-16-18(15-8-6-14(12-20)7-9-15)17(19(21)24)13(2)22(16)10-4-11-23/h6-9,23H,3-5,10-11H2,1-2H3,(H2,21,24). The topological polar surface area (TPSA) is 92.0 Å². The van der Waals surface area contributed by atoms with Crippen LogP contribution in [0, 0.1) is 18.3 Å². The number of nitrogens with two attached hydrogens (primary N) is 1. The number of carbonyl (C=O) groups is 1. The van der Waals surface area contributed by atoms with Crippen molar-refractivity contribution in [2.75, 3.05) is 6.61 Å². The SMILES string of the molecule is CCCc1c(-c2ccc(C#N)cc2)c(C(N)=O)c(C)n1CCCO. The van der Waals surface area contributed by atoms with Gasteiger partial charge in [0.1, 0.15) is 0 Å². The molecular formula is C19H23N3O2. The summed E-state index contributed by atoms with van der Waals surface area (Å²) in [6.07, 6.45) is 2.37. The summed E-state index contributed by atoms with van der Waals surface area (Å²) >= 11 is 0. The molecule has 5 nitrogen and oxygen atoms in total. The second-order valence-electron chi connectivity index (χ2n) is 5.81. The Morgan fingerprint density at radius 3 is 2.50 bits per heavy atom. The lowest BCUT2D eigenvalue weighted by atomic mass is 9.97. The third-order valence-corrected chi connectivity index (χ3v) is 4.21. The van der Waals surface area contributed by atoms with Crippen LogP contribution in [0.15, 0.2) is 24.3 Å². The first-order valence-corrected chi connectivity index (χ1v) is 8.18. The fraction of sp³-hybridized carbons (Fsp3) is 0.368. The van der Waals surface area contributed by atoms with Gasteiger partial charge in [-0.1, -0.05) is 25.5 Å². The van der Waals surface area contributed by atoms with Gasteiger partial charge in [-0.25, -0.2) is 0 Å². The van der Waals surface area contributed by atoms with Crippen LogP contribution in [0.5, 0.6) is 0 Å². The molecule has 0 atom stereocenters. The highest BCUT2D eigenvalue weighted by atomic mass is 16.3. The minimum atomic E-state index is -0.452. The molecule has 0 unspecified atom stereocenters. The van der Waals surface area contributed by atoms with E-state index in [-0.39, 0.29) is 6.61 Å². The molecule has 0 aliphatic carbocycles. The first-order valence-electron chi connectivity index (χ1n) is 8.18. The zero-order valence-electron chi connectivity index (χ0n) is 14.2. The molecule has 0 radical (unpaired) electrons. The molecule has 0 spiro atoms. The Labute approximate surface area is 142 Å². The lowest BCUT2D eigenvalue weighted by molar-refractivity contribution is 0.1000. The zero-order chi connectivity index (χ0) is 17.7. The van der Waals surface area contributed by atoms with E-state index < -0.39 is 5.91 Å². The average Bonchev–Trinajstić information content (AvgIpc) is 2.85. The van der Waals surface area contributed by atoms with Crippen molar-refractivity contribution in [3.8, 4) is 17.2 Å². The lowest BCUT2D eigenvalue weighted by Crippen LogP contribution is -2.13. The minimum Gasteiger partial charge on any atom is -0.396 e. The monoisotopic (exact) mass is 325 g/mol. The van der Waals surface area contributed by atoms with Gasteiger partial charge >= 0.3 is 0 Å². The average molecular weight is 325 g/mol. The van der Waals surface area contributed by atoms with Gasteiger partial charge in [-0.3, -0.25) is 4.79 Å². The Bertz CT molecular complexity index is 767. The number of carbonyl (C=O) groups excluding carboxylic acids is 1. The number of amides is 1. The maximum absolute atomic E-state index is 12.1. The van der Waals surface area contributed by atoms with Crippen LogP contribution < -0.4 is 5.73 Å². The summed E-state index contributed by atoms with van der Waals surface area (Å²) in [5.41, 5.74) is 10.4. The third kappa shape index (κ3) is 3.34. The number of benzene rings is 1. The quantitative estimate of drug-likeness (QED) is 0.820. The molecule has 1 heterocycles. The molecule has 1 amide bonds. The van der Waals surface area contributed by atoms with Gasteiger partial charge in [-0.15, -0.1) is 0 Å². The molecule has 0 aliphatic heterocycles. The fourth-order valence-electron chi connectivity index (χ4n) is 3.15. The Morgan fingerprint density at radius 1 is 1.33 bits per heavy atom. The number of aliphatic hydroxyl groups is 1. The molecular weight excluding hydrogens is 302 g/mol. The summed E-state index contributed by atoms with van der Waals surface area (Å²) in [5.74, 6) is -0.452. The second-order valence-corrected chi connectivity index (χ2v) is 5.81. The first-order chi connectivity index (χ1) is 11.5. The summed E-state index contributed by atoms with van der Waals surface area (Å²) in [6.45, 7) is 4.73. The molecule has 0 saturated carbocycles. The van der Waals surface area contributed by atoms with E-state index in [2.05, 4.69) is 17.6 Å². The van der Waals surface area contributed by atoms with Crippen molar-refractivity contribution < 1.29 is 9.90 Å². The summed E-state index contributed by atoms with van der Waals surface area (Å²) < 4.78 is 2.09. The van der Waals surface area contributed by atoms with Gasteiger partial charge in [-0.2, -0.15) is 5.26 Å². The Morgan fingerprint density at radius 2 is 2.00 bits per heavy atom. The van der Waals surface area contributed by atoms with E-state index in [9.17, 15) is 4.79 Å². The van der Waals surface area contributed by atoms with E-state index in [1.807, 2.05) is 19.1 Å². The number of rotatable bonds is 7. The molecule has 0 aliphatic rings. The minimum absolute atomic E-state index is 0.0985. The van der Waals surface area contributed by atoms with E-state index in [0.29, 0.717) is 24.1 Å². The van der Waals surface area contributed by atoms with Crippen molar-refractivity contribution in [3.63, 3.8) is 0 Å². The Kier molecular flexibility index (Phi) is 5.78. The van der Waals surface area contributed by atoms with Crippen LogP contribution in [0.25, 0.3) is 11.1 Å². The smallest absolute Gasteiger partial charge is 0.251 e. The number of nitriles is 1. The molecule has 0 fully saturated rings. The molecule has 24 heavy (non-hydrogen) atoms. The first kappa shape index (κ1) is 17.8. The maximum Gasteiger partial charge on any atom is 0.251 e. The van der Waals surface area contributed by atoms with Gasteiger partial charge in [-0.05, 0) is 37.5 Å². The van der Waals surface area contributed by atoms with Crippen LogP contribution in [0.4, 0.5) is 0 Å². The summed E-state index contributed by atoms with van der Waals surface area (Å²) in [6, 6.07) is 9.31. The van der Waals surface area contributed by atoms with Crippen LogP contribution in [0.1, 0.15) is 47.1 Å². The van der Waals surface area contributed by atoms with E-state index >= 15 is 0 Å². The molecule has 3 N–H and O–H groups in total. The van der Waals surface area contributed by atoms with Crippen molar-refractivity contribution in [2.45, 2.75) is 39.7 Å². The number of nitrogens with zero attached hydrogens (tertiary/aromatic N) is 2. The van der Waals surface area contributed by atoms with Crippen molar-refractivity contribution in [1.29, 1.82) is 5.26 Å². The predicted octanol–water partition coefficient (Wildman–Crippen LogP) is 2.77. The highest BCUT2D eigenvalue weighted by molar-refractivity contribution is 6.02. The van der Waals surface area contributed by atoms with Gasteiger partial charge in [0, 0.05) is 30.1 Å². The molecule has 0 bridgehead atoms. The number of primary amides is 1. The Balaban J connectivity index is 2.70. The lowest BCUT2D eigenvalue weighted by Gasteiger charge is -2.12. The number of hydrogen-bond donors (Lipinski definition) is 2. The van der Waals surface area contributed by atoms with Crippen molar-refractivity contribution in [2.24, 2.45) is 5.73 Å². The van der Waals surface area contributed by atoms with Crippen molar-refractivity contribution >= 4 is 5.91 Å². The molecule has 2 aromatic rings. The largest absolute Gasteiger partial charge is 0.396 e. The van der Waals surface area contributed by atoms with Crippen LogP contribution in [0.2, 0.25) is 0 Å². The van der Waals surface area contributed by atoms with E-state index in [0.717, 1.165) is 35.4 Å². The highest BCUT2D eigenvalue weighted by Gasteiger charge is 2.24. The normalized spacial score (nSPS) is 10.6. The summed E-state index contributed by atoms with van der Waals surface area (Å²) in [7, 11) is 0. The second kappa shape index (κ2) is 7.80. The van der Waals surface area contributed by atoms with Gasteiger partial charge in [0.25, 0.3) is 5.91 Å². The van der Waals surface area contributed by atoms with E-state index in [1.54, 1.807) is 12.1 Å². The third-order valence-electron chi connectivity index (χ3n) is 4.21. The van der Waals surface area contributed by atoms with Crippen LogP contribution >= 0.6 is 0 Å². The van der Waals surface area contributed by atoms with Gasteiger partial charge < -0.3 is 15.4 Å². The zero-order valence-corrected chi connectivity index (χ0v) is 14.2. The van der Waals surface area contributed by atoms with Gasteiger partial charge in [0.15, 0.2) is 0 Å². The fourth-order valence-corrected chi connectivity index (χ4v) is 3.15. The Hall–Kier alpha value is -2.58. The summed E-state index contributed by atoms with van der Waals surface area (Å²) in [5, 5.41) is 18.1. The van der Waals surface area contributed by atoms with E-state index in [1.165, 1.54) is 0 Å². The highest BCUT2D eigenvalue weighted by Crippen LogP contribution is 2.34. The molecule has 1 aromatic carbocycles. The predicted molar refractivity (Wildman–Crippen MR) is 93.5 cm³/mol. The molecule has 0 saturated heterocycles. The van der Waals surface area contributed by atoms with Crippen LogP contribution in [-0.2, 0) is 13.0 Å². The molecule has 2 rings (SSSR count). The molecule has 5 heteroatoms. The number of aliphatic hydroxyl groups excluding tert-OH is 1. The summed E-state index contributed by atoms with van der Waals surface area (Å²) in [4.78, 5) is 12.1. The van der Waals surface area contributed by atoms with Gasteiger partial charge in [0.2, 0.25) is 0 Å². The number of aromatic nitrogens is 1. The van der Waals surface area contributed by atoms with Crippen molar-refractivity contribution in [3.05, 3.63) is 46.8 Å². The maximum atomic E-state index is 12.1. The van der Waals surface area contributed by atoms with Crippen LogP contribution in [-0.4, -0.2) is 22.2 Å². The van der Waals surface area contributed by atoms with E-state index in [4.69, 9.17) is 16.1 Å². The van der Waals surface area contributed by atoms with Crippen LogP contribution in [0.3, 0.4) is 0 Å².